The van der Waals surface area contributed by atoms with E-state index in [1.54, 1.807) is 0 Å². The van der Waals surface area contributed by atoms with Crippen molar-refractivity contribution < 1.29 is 13.3 Å². The Morgan fingerprint density at radius 3 is 2.00 bits per heavy atom. The molecule has 1 rings (SSSR count). The van der Waals surface area contributed by atoms with Crippen LogP contribution >= 0.6 is 0 Å². The lowest BCUT2D eigenvalue weighted by molar-refractivity contribution is 0.0573. The second-order valence-electron chi connectivity index (χ2n) is 4.46. The van der Waals surface area contributed by atoms with E-state index < -0.39 is 8.80 Å². The molecule has 1 aliphatic rings. The van der Waals surface area contributed by atoms with Gasteiger partial charge in [0.2, 0.25) is 0 Å². The van der Waals surface area contributed by atoms with Crippen molar-refractivity contribution in [2.24, 2.45) is 0 Å². The Labute approximate surface area is 112 Å². The van der Waals surface area contributed by atoms with Gasteiger partial charge in [0.1, 0.15) is 0 Å². The van der Waals surface area contributed by atoms with Crippen molar-refractivity contribution in [2.75, 3.05) is 39.5 Å². The predicted octanol–water partition coefficient (Wildman–Crippen LogP) is 0.986. The smallest absolute Gasteiger partial charge is 0.374 e. The van der Waals surface area contributed by atoms with Gasteiger partial charge >= 0.3 is 8.80 Å². The van der Waals surface area contributed by atoms with Crippen LogP contribution in [0, 0.1) is 0 Å². The van der Waals surface area contributed by atoms with E-state index in [0.717, 1.165) is 19.6 Å². The van der Waals surface area contributed by atoms with E-state index in [1.165, 1.54) is 0 Å². The predicted molar refractivity (Wildman–Crippen MR) is 74.7 cm³/mol. The molecule has 1 heterocycles. The van der Waals surface area contributed by atoms with Crippen LogP contribution in [0.3, 0.4) is 0 Å². The molecule has 5 nitrogen and oxygen atoms in total. The minimum atomic E-state index is -2.59. The Kier molecular flexibility index (Phi) is 7.36. The van der Waals surface area contributed by atoms with Crippen molar-refractivity contribution in [1.29, 1.82) is 0 Å². The van der Waals surface area contributed by atoms with E-state index in [0.29, 0.717) is 25.9 Å². The summed E-state index contributed by atoms with van der Waals surface area (Å²) in [5, 5.41) is 6.94. The molecular formula is C12H28N2O3Si. The average Bonchev–Trinajstić information content (AvgIpc) is 2.39. The summed E-state index contributed by atoms with van der Waals surface area (Å²) in [5.41, 5.74) is 0.255. The normalized spacial score (nSPS) is 23.0. The van der Waals surface area contributed by atoms with Gasteiger partial charge in [-0.3, -0.25) is 0 Å². The zero-order valence-corrected chi connectivity index (χ0v) is 13.1. The van der Waals surface area contributed by atoms with Gasteiger partial charge in [-0.25, -0.2) is 0 Å². The standard InChI is InChI=1S/C12H28N2O3Si/c1-5-15-18(16-6-2,17-7-3)11(4)12-10-13-8-9-14-12/h11-14H,5-10H2,1-4H3. The molecule has 1 aliphatic heterocycles. The van der Waals surface area contributed by atoms with Crippen molar-refractivity contribution in [3.8, 4) is 0 Å². The molecule has 0 radical (unpaired) electrons. The molecule has 6 heteroatoms. The molecule has 2 atom stereocenters. The van der Waals surface area contributed by atoms with Gasteiger partial charge in [-0.1, -0.05) is 6.92 Å². The van der Waals surface area contributed by atoms with Crippen LogP contribution in [0.2, 0.25) is 5.54 Å². The van der Waals surface area contributed by atoms with Gasteiger partial charge in [0.05, 0.1) is 0 Å². The molecule has 0 spiro atoms. The Hall–Kier alpha value is 0.0169. The van der Waals surface area contributed by atoms with Crippen LogP contribution in [-0.4, -0.2) is 54.3 Å². The summed E-state index contributed by atoms with van der Waals surface area (Å²) in [6, 6.07) is 0.357. The Bertz CT molecular complexity index is 208. The summed E-state index contributed by atoms with van der Waals surface area (Å²) in [6.07, 6.45) is 0. The maximum absolute atomic E-state index is 5.95. The average molecular weight is 276 g/mol. The van der Waals surface area contributed by atoms with Crippen molar-refractivity contribution in [3.05, 3.63) is 0 Å². The fraction of sp³-hybridized carbons (Fsp3) is 1.00. The Morgan fingerprint density at radius 2 is 1.61 bits per heavy atom. The van der Waals surface area contributed by atoms with E-state index in [4.69, 9.17) is 13.3 Å². The summed E-state index contributed by atoms with van der Waals surface area (Å²) in [4.78, 5) is 0. The van der Waals surface area contributed by atoms with Crippen LogP contribution in [0.25, 0.3) is 0 Å². The first-order valence-corrected chi connectivity index (χ1v) is 8.86. The monoisotopic (exact) mass is 276 g/mol. The summed E-state index contributed by atoms with van der Waals surface area (Å²) in [5.74, 6) is 0. The lowest BCUT2D eigenvalue weighted by Crippen LogP contribution is -2.60. The molecule has 2 unspecified atom stereocenters. The summed E-state index contributed by atoms with van der Waals surface area (Å²) in [7, 11) is -2.59. The Balaban J connectivity index is 2.76. The largest absolute Gasteiger partial charge is 0.505 e. The summed E-state index contributed by atoms with van der Waals surface area (Å²) >= 11 is 0. The van der Waals surface area contributed by atoms with E-state index in [9.17, 15) is 0 Å². The molecule has 0 aromatic heterocycles. The molecular weight excluding hydrogens is 248 g/mol. The number of rotatable bonds is 8. The number of piperazine rings is 1. The third kappa shape index (κ3) is 4.01. The molecule has 0 aromatic carbocycles. The van der Waals surface area contributed by atoms with Crippen LogP contribution in [0.1, 0.15) is 27.7 Å². The molecule has 108 valence electrons. The fourth-order valence-electron chi connectivity index (χ4n) is 2.40. The number of hydrogen-bond acceptors (Lipinski definition) is 5. The molecule has 0 aromatic rings. The zero-order chi connectivity index (χ0) is 13.4. The minimum Gasteiger partial charge on any atom is -0.374 e. The zero-order valence-electron chi connectivity index (χ0n) is 12.1. The van der Waals surface area contributed by atoms with Gasteiger partial charge in [0.15, 0.2) is 0 Å². The topological polar surface area (TPSA) is 51.8 Å². The van der Waals surface area contributed by atoms with Crippen molar-refractivity contribution in [3.63, 3.8) is 0 Å². The van der Waals surface area contributed by atoms with Gasteiger partial charge in [0, 0.05) is 51.0 Å². The highest BCUT2D eigenvalue weighted by Crippen LogP contribution is 2.29. The lowest BCUT2D eigenvalue weighted by Gasteiger charge is -2.39. The maximum atomic E-state index is 5.95. The summed E-state index contributed by atoms with van der Waals surface area (Å²) < 4.78 is 17.9. The molecule has 0 amide bonds. The second-order valence-corrected chi connectivity index (χ2v) is 7.44. The highest BCUT2D eigenvalue weighted by Gasteiger charge is 2.50. The molecule has 2 N–H and O–H groups in total. The first kappa shape index (κ1) is 16.1. The molecule has 0 aliphatic carbocycles. The van der Waals surface area contributed by atoms with Crippen molar-refractivity contribution >= 4 is 8.80 Å². The minimum absolute atomic E-state index is 0.255. The maximum Gasteiger partial charge on any atom is 0.505 e. The van der Waals surface area contributed by atoms with Gasteiger partial charge in [-0.15, -0.1) is 0 Å². The molecule has 18 heavy (non-hydrogen) atoms. The van der Waals surface area contributed by atoms with Crippen LogP contribution in [0.15, 0.2) is 0 Å². The first-order chi connectivity index (χ1) is 8.70. The SMILES string of the molecule is CCO[Si](OCC)(OCC)C(C)C1CNCCN1. The van der Waals surface area contributed by atoms with E-state index in [1.807, 2.05) is 20.8 Å². The highest BCUT2D eigenvalue weighted by molar-refractivity contribution is 6.62. The van der Waals surface area contributed by atoms with Gasteiger partial charge in [0.25, 0.3) is 0 Å². The van der Waals surface area contributed by atoms with Crippen LogP contribution < -0.4 is 10.6 Å². The lowest BCUT2D eigenvalue weighted by atomic mass is 10.2. The molecule has 0 saturated carbocycles. The van der Waals surface area contributed by atoms with Crippen LogP contribution in [-0.2, 0) is 13.3 Å². The quantitative estimate of drug-likeness (QED) is 0.648. The molecule has 0 bridgehead atoms. The Morgan fingerprint density at radius 1 is 1.06 bits per heavy atom. The van der Waals surface area contributed by atoms with Crippen LogP contribution in [0.5, 0.6) is 0 Å². The third-order valence-electron chi connectivity index (χ3n) is 3.27. The number of nitrogens with one attached hydrogen (secondary N) is 2. The highest BCUT2D eigenvalue weighted by atomic mass is 28.4. The van der Waals surface area contributed by atoms with Crippen molar-refractivity contribution in [2.45, 2.75) is 39.3 Å². The van der Waals surface area contributed by atoms with Gasteiger partial charge in [-0.2, -0.15) is 0 Å². The molecule has 1 saturated heterocycles. The van der Waals surface area contributed by atoms with E-state index in [2.05, 4.69) is 17.6 Å². The number of hydrogen-bond donors (Lipinski definition) is 2. The van der Waals surface area contributed by atoms with E-state index in [-0.39, 0.29) is 5.54 Å². The van der Waals surface area contributed by atoms with E-state index >= 15 is 0 Å². The fourth-order valence-corrected chi connectivity index (χ4v) is 5.37. The summed E-state index contributed by atoms with van der Waals surface area (Å²) in [6.45, 7) is 13.0. The first-order valence-electron chi connectivity index (χ1n) is 7.06. The van der Waals surface area contributed by atoms with Gasteiger partial charge in [-0.05, 0) is 20.8 Å². The molecule has 1 fully saturated rings. The van der Waals surface area contributed by atoms with Crippen molar-refractivity contribution in [1.82, 2.24) is 10.6 Å². The third-order valence-corrected chi connectivity index (χ3v) is 6.86. The second kappa shape index (κ2) is 8.24. The van der Waals surface area contributed by atoms with Crippen LogP contribution in [0.4, 0.5) is 0 Å². The van der Waals surface area contributed by atoms with Gasteiger partial charge < -0.3 is 23.9 Å².